The van der Waals surface area contributed by atoms with Crippen LogP contribution in [-0.4, -0.2) is 19.5 Å². The molecule has 31 heavy (non-hydrogen) atoms. The number of para-hydroxylation sites is 2. The average molecular weight is 427 g/mol. The summed E-state index contributed by atoms with van der Waals surface area (Å²) < 4.78 is 2.14. The predicted molar refractivity (Wildman–Crippen MR) is 128 cm³/mol. The molecule has 0 spiro atoms. The molecule has 2 heterocycles. The molecule has 0 N–H and O–H groups in total. The lowest BCUT2D eigenvalue weighted by Gasteiger charge is -2.19. The minimum Gasteiger partial charge on any atom is -0.303 e. The standard InChI is InChI=1S/C26H23ClN4/c1-26(2,3)19-12-10-18(11-13-19)24-30-23-25(29-22-7-5-4-6-21(22)28-23)31(24)16-17-8-14-20(27)15-9-17/h4-15H,16H2,1-3H3. The van der Waals surface area contributed by atoms with E-state index in [0.29, 0.717) is 12.2 Å². The second-order valence-electron chi connectivity index (χ2n) is 8.83. The third kappa shape index (κ3) is 3.79. The molecule has 0 saturated heterocycles. The third-order valence-corrected chi connectivity index (χ3v) is 5.77. The summed E-state index contributed by atoms with van der Waals surface area (Å²) in [5.41, 5.74) is 6.72. The van der Waals surface area contributed by atoms with Crippen LogP contribution in [0.2, 0.25) is 5.02 Å². The zero-order valence-corrected chi connectivity index (χ0v) is 18.6. The van der Waals surface area contributed by atoms with Gasteiger partial charge in [0.25, 0.3) is 0 Å². The molecule has 0 aliphatic rings. The summed E-state index contributed by atoms with van der Waals surface area (Å²) >= 11 is 6.09. The zero-order chi connectivity index (χ0) is 21.6. The fourth-order valence-corrected chi connectivity index (χ4v) is 3.89. The molecule has 0 fully saturated rings. The molecular formula is C26H23ClN4. The second kappa shape index (κ2) is 7.47. The van der Waals surface area contributed by atoms with Crippen molar-refractivity contribution < 1.29 is 0 Å². The summed E-state index contributed by atoms with van der Waals surface area (Å²) in [6.07, 6.45) is 0. The minimum absolute atomic E-state index is 0.100. The van der Waals surface area contributed by atoms with E-state index in [1.807, 2.05) is 48.5 Å². The second-order valence-corrected chi connectivity index (χ2v) is 9.27. The van der Waals surface area contributed by atoms with E-state index in [4.69, 9.17) is 26.6 Å². The van der Waals surface area contributed by atoms with E-state index in [1.54, 1.807) is 0 Å². The fourth-order valence-electron chi connectivity index (χ4n) is 3.76. The summed E-state index contributed by atoms with van der Waals surface area (Å²) in [5, 5.41) is 0.725. The van der Waals surface area contributed by atoms with Crippen LogP contribution in [0.3, 0.4) is 0 Å². The van der Waals surface area contributed by atoms with Crippen molar-refractivity contribution in [2.45, 2.75) is 32.7 Å². The van der Waals surface area contributed by atoms with Gasteiger partial charge in [0.15, 0.2) is 11.3 Å². The zero-order valence-electron chi connectivity index (χ0n) is 17.8. The van der Waals surface area contributed by atoms with E-state index < -0.39 is 0 Å². The van der Waals surface area contributed by atoms with E-state index in [0.717, 1.165) is 38.7 Å². The summed E-state index contributed by atoms with van der Waals surface area (Å²) in [5.74, 6) is 0.862. The highest BCUT2D eigenvalue weighted by atomic mass is 35.5. The minimum atomic E-state index is 0.100. The fraction of sp³-hybridized carbons (Fsp3) is 0.192. The van der Waals surface area contributed by atoms with E-state index in [9.17, 15) is 0 Å². The Kier molecular flexibility index (Phi) is 4.75. The van der Waals surface area contributed by atoms with Crippen molar-refractivity contribution in [3.8, 4) is 11.4 Å². The molecule has 0 atom stereocenters. The lowest BCUT2D eigenvalue weighted by molar-refractivity contribution is 0.590. The normalized spacial score (nSPS) is 12.0. The Morgan fingerprint density at radius 1 is 0.774 bits per heavy atom. The Morgan fingerprint density at radius 2 is 1.42 bits per heavy atom. The van der Waals surface area contributed by atoms with Crippen molar-refractivity contribution in [3.63, 3.8) is 0 Å². The Morgan fingerprint density at radius 3 is 2.06 bits per heavy atom. The highest BCUT2D eigenvalue weighted by Crippen LogP contribution is 2.29. The van der Waals surface area contributed by atoms with Crippen LogP contribution in [0.5, 0.6) is 0 Å². The topological polar surface area (TPSA) is 43.6 Å². The largest absolute Gasteiger partial charge is 0.303 e. The van der Waals surface area contributed by atoms with Crippen LogP contribution in [0, 0.1) is 0 Å². The van der Waals surface area contributed by atoms with Gasteiger partial charge in [0.1, 0.15) is 5.82 Å². The number of nitrogens with zero attached hydrogens (tertiary/aromatic N) is 4. The predicted octanol–water partition coefficient (Wildman–Crippen LogP) is 6.65. The number of hydrogen-bond donors (Lipinski definition) is 0. The monoisotopic (exact) mass is 426 g/mol. The number of imidazole rings is 1. The highest BCUT2D eigenvalue weighted by Gasteiger charge is 2.18. The van der Waals surface area contributed by atoms with Gasteiger partial charge in [-0.15, -0.1) is 0 Å². The number of benzene rings is 3. The Balaban J connectivity index is 1.70. The average Bonchev–Trinajstić information content (AvgIpc) is 3.10. The Hall–Kier alpha value is -3.24. The number of hydrogen-bond acceptors (Lipinski definition) is 3. The lowest BCUT2D eigenvalue weighted by Crippen LogP contribution is -2.10. The van der Waals surface area contributed by atoms with E-state index in [2.05, 4.69) is 49.6 Å². The molecule has 0 saturated carbocycles. The van der Waals surface area contributed by atoms with Gasteiger partial charge < -0.3 is 4.57 Å². The maximum atomic E-state index is 6.09. The van der Waals surface area contributed by atoms with Gasteiger partial charge in [-0.2, -0.15) is 0 Å². The Labute approximate surface area is 186 Å². The first-order valence-electron chi connectivity index (χ1n) is 10.4. The molecule has 0 bridgehead atoms. The van der Waals surface area contributed by atoms with E-state index >= 15 is 0 Å². The van der Waals surface area contributed by atoms with Gasteiger partial charge in [0, 0.05) is 10.6 Å². The summed E-state index contributed by atoms with van der Waals surface area (Å²) in [6, 6.07) is 24.4. The molecule has 0 amide bonds. The molecule has 0 aliphatic heterocycles. The first kappa shape index (κ1) is 19.7. The lowest BCUT2D eigenvalue weighted by atomic mass is 9.87. The molecular weight excluding hydrogens is 404 g/mol. The number of fused-ring (bicyclic) bond motifs is 2. The molecule has 2 aromatic heterocycles. The van der Waals surface area contributed by atoms with Gasteiger partial charge in [-0.3, -0.25) is 0 Å². The maximum Gasteiger partial charge on any atom is 0.198 e. The van der Waals surface area contributed by atoms with Gasteiger partial charge in [0.2, 0.25) is 0 Å². The van der Waals surface area contributed by atoms with Crippen LogP contribution < -0.4 is 0 Å². The van der Waals surface area contributed by atoms with Crippen molar-refractivity contribution in [2.75, 3.05) is 0 Å². The third-order valence-electron chi connectivity index (χ3n) is 5.52. The summed E-state index contributed by atoms with van der Waals surface area (Å²) in [7, 11) is 0. The van der Waals surface area contributed by atoms with E-state index in [1.165, 1.54) is 5.56 Å². The van der Waals surface area contributed by atoms with Crippen LogP contribution in [-0.2, 0) is 12.0 Å². The smallest absolute Gasteiger partial charge is 0.198 e. The van der Waals surface area contributed by atoms with Gasteiger partial charge in [0.05, 0.1) is 17.6 Å². The van der Waals surface area contributed by atoms with Gasteiger partial charge in [-0.05, 0) is 40.8 Å². The number of aromatic nitrogens is 4. The number of rotatable bonds is 3. The molecule has 5 rings (SSSR count). The van der Waals surface area contributed by atoms with Crippen LogP contribution in [0.1, 0.15) is 31.9 Å². The van der Waals surface area contributed by atoms with Crippen LogP contribution in [0.15, 0.2) is 72.8 Å². The van der Waals surface area contributed by atoms with Crippen molar-refractivity contribution in [1.82, 2.24) is 19.5 Å². The van der Waals surface area contributed by atoms with Gasteiger partial charge in [-0.25, -0.2) is 15.0 Å². The van der Waals surface area contributed by atoms with Crippen molar-refractivity contribution in [1.29, 1.82) is 0 Å². The molecule has 0 unspecified atom stereocenters. The first-order valence-corrected chi connectivity index (χ1v) is 10.7. The van der Waals surface area contributed by atoms with Crippen molar-refractivity contribution in [2.24, 2.45) is 0 Å². The van der Waals surface area contributed by atoms with Gasteiger partial charge in [-0.1, -0.05) is 80.9 Å². The quantitative estimate of drug-likeness (QED) is 0.324. The first-order chi connectivity index (χ1) is 14.9. The Bertz CT molecular complexity index is 1380. The van der Waals surface area contributed by atoms with Crippen LogP contribution in [0.25, 0.3) is 33.7 Å². The molecule has 154 valence electrons. The molecule has 0 radical (unpaired) electrons. The summed E-state index contributed by atoms with van der Waals surface area (Å²) in [4.78, 5) is 14.6. The van der Waals surface area contributed by atoms with E-state index in [-0.39, 0.29) is 5.41 Å². The molecule has 5 aromatic rings. The maximum absolute atomic E-state index is 6.09. The van der Waals surface area contributed by atoms with Crippen molar-refractivity contribution >= 4 is 33.9 Å². The van der Waals surface area contributed by atoms with Crippen molar-refractivity contribution in [3.05, 3.63) is 88.9 Å². The SMILES string of the molecule is CC(C)(C)c1ccc(-c2nc3nc4ccccc4nc3n2Cc2ccc(Cl)cc2)cc1. The number of halogens is 1. The van der Waals surface area contributed by atoms with Crippen LogP contribution in [0.4, 0.5) is 0 Å². The molecule has 5 heteroatoms. The molecule has 3 aromatic carbocycles. The molecule has 0 aliphatic carbocycles. The van der Waals surface area contributed by atoms with Crippen LogP contribution >= 0.6 is 11.6 Å². The summed E-state index contributed by atoms with van der Waals surface area (Å²) in [6.45, 7) is 7.29. The molecule has 4 nitrogen and oxygen atoms in total. The van der Waals surface area contributed by atoms with Gasteiger partial charge >= 0.3 is 0 Å². The highest BCUT2D eigenvalue weighted by molar-refractivity contribution is 6.30.